The molecule has 2 atom stereocenters. The molecule has 2 N–H and O–H groups in total. The number of benzene rings is 3. The van der Waals surface area contributed by atoms with Crippen LogP contribution < -0.4 is 10.6 Å². The average molecular weight is 336 g/mol. The van der Waals surface area contributed by atoms with Gasteiger partial charge >= 0.3 is 0 Å². The highest BCUT2D eigenvalue weighted by Crippen LogP contribution is 2.28. The van der Waals surface area contributed by atoms with Gasteiger partial charge in [0.1, 0.15) is 11.9 Å². The number of hydrogen-bond donors (Lipinski definition) is 2. The van der Waals surface area contributed by atoms with Crippen molar-refractivity contribution in [2.75, 3.05) is 0 Å². The van der Waals surface area contributed by atoms with Gasteiger partial charge in [-0.2, -0.15) is 0 Å². The first-order valence-corrected chi connectivity index (χ1v) is 8.95. The van der Waals surface area contributed by atoms with Gasteiger partial charge < -0.3 is 10.2 Å². The van der Waals surface area contributed by atoms with Crippen molar-refractivity contribution < 1.29 is 10.2 Å². The van der Waals surface area contributed by atoms with E-state index >= 15 is 0 Å². The number of aliphatic hydroxyl groups is 1. The predicted octanol–water partition coefficient (Wildman–Crippen LogP) is 3.72. The summed E-state index contributed by atoms with van der Waals surface area (Å²) in [5, 5.41) is 23.1. The van der Waals surface area contributed by atoms with Gasteiger partial charge in [0.05, 0.1) is 0 Å². The molecular formula is C21H21O2P. The van der Waals surface area contributed by atoms with Gasteiger partial charge in [0.25, 0.3) is 0 Å². The topological polar surface area (TPSA) is 40.5 Å². The van der Waals surface area contributed by atoms with E-state index in [-0.39, 0.29) is 0 Å². The lowest BCUT2D eigenvalue weighted by Crippen LogP contribution is -2.14. The Morgan fingerprint density at radius 1 is 0.833 bits per heavy atom. The number of aryl methyl sites for hydroxylation is 2. The molecule has 0 amide bonds. The molecule has 0 spiro atoms. The van der Waals surface area contributed by atoms with Crippen molar-refractivity contribution in [2.24, 2.45) is 0 Å². The lowest BCUT2D eigenvalue weighted by atomic mass is 10.00. The second-order valence-electron chi connectivity index (χ2n) is 6.00. The summed E-state index contributed by atoms with van der Waals surface area (Å²) in [5.74, 6) is 0.344. The summed E-state index contributed by atoms with van der Waals surface area (Å²) >= 11 is 0. The summed E-state index contributed by atoms with van der Waals surface area (Å²) < 4.78 is 0. The van der Waals surface area contributed by atoms with Gasteiger partial charge in [0.15, 0.2) is 0 Å². The minimum Gasteiger partial charge on any atom is -0.507 e. The van der Waals surface area contributed by atoms with Gasteiger partial charge in [-0.3, -0.25) is 0 Å². The SMILES string of the molecule is Cc1ccc(Pc2cccc(C)c2O)c(C(O)c2ccccc2)c1. The highest BCUT2D eigenvalue weighted by atomic mass is 31.1. The first-order chi connectivity index (χ1) is 11.6. The second kappa shape index (κ2) is 7.17. The molecule has 2 nitrogen and oxygen atoms in total. The lowest BCUT2D eigenvalue weighted by molar-refractivity contribution is 0.221. The smallest absolute Gasteiger partial charge is 0.126 e. The lowest BCUT2D eigenvalue weighted by Gasteiger charge is -2.18. The van der Waals surface area contributed by atoms with E-state index in [0.717, 1.165) is 32.9 Å². The van der Waals surface area contributed by atoms with E-state index in [4.69, 9.17) is 0 Å². The van der Waals surface area contributed by atoms with E-state index < -0.39 is 6.10 Å². The molecule has 0 saturated carbocycles. The summed E-state index contributed by atoms with van der Waals surface area (Å²) in [5.41, 5.74) is 3.77. The summed E-state index contributed by atoms with van der Waals surface area (Å²) in [6.07, 6.45) is -0.666. The molecule has 0 bridgehead atoms. The van der Waals surface area contributed by atoms with Crippen LogP contribution in [0.5, 0.6) is 5.75 Å². The molecule has 0 radical (unpaired) electrons. The zero-order valence-electron chi connectivity index (χ0n) is 13.8. The van der Waals surface area contributed by atoms with Crippen molar-refractivity contribution in [3.63, 3.8) is 0 Å². The molecule has 0 aliphatic rings. The fourth-order valence-corrected chi connectivity index (χ4v) is 4.05. The minimum absolute atomic E-state index is 0.295. The van der Waals surface area contributed by atoms with E-state index in [1.54, 1.807) is 0 Å². The molecule has 3 aromatic rings. The van der Waals surface area contributed by atoms with Crippen LogP contribution in [0.15, 0.2) is 66.7 Å². The molecule has 24 heavy (non-hydrogen) atoms. The van der Waals surface area contributed by atoms with Crippen LogP contribution in [-0.2, 0) is 0 Å². The summed E-state index contributed by atoms with van der Waals surface area (Å²) in [4.78, 5) is 0. The quantitative estimate of drug-likeness (QED) is 0.713. The molecule has 0 aromatic heterocycles. The third-order valence-electron chi connectivity index (χ3n) is 4.12. The van der Waals surface area contributed by atoms with Crippen LogP contribution in [0.25, 0.3) is 0 Å². The van der Waals surface area contributed by atoms with Gasteiger partial charge in [0, 0.05) is 5.30 Å². The van der Waals surface area contributed by atoms with E-state index in [0.29, 0.717) is 14.3 Å². The largest absolute Gasteiger partial charge is 0.507 e. The number of aliphatic hydroxyl groups excluding tert-OH is 1. The Bertz CT molecular complexity index is 844. The molecule has 0 saturated heterocycles. The van der Waals surface area contributed by atoms with E-state index in [9.17, 15) is 10.2 Å². The van der Waals surface area contributed by atoms with Crippen molar-refractivity contribution in [2.45, 2.75) is 20.0 Å². The number of hydrogen-bond acceptors (Lipinski definition) is 2. The molecular weight excluding hydrogens is 315 g/mol. The Hall–Kier alpha value is -2.15. The van der Waals surface area contributed by atoms with E-state index in [2.05, 4.69) is 12.1 Å². The third-order valence-corrected chi connectivity index (χ3v) is 5.52. The molecule has 0 fully saturated rings. The zero-order valence-corrected chi connectivity index (χ0v) is 14.8. The molecule has 0 heterocycles. The summed E-state index contributed by atoms with van der Waals surface area (Å²) in [7, 11) is 0.295. The number of rotatable bonds is 4. The van der Waals surface area contributed by atoms with Crippen LogP contribution >= 0.6 is 8.58 Å². The Morgan fingerprint density at radius 3 is 2.33 bits per heavy atom. The maximum Gasteiger partial charge on any atom is 0.126 e. The fourth-order valence-electron chi connectivity index (χ4n) is 2.74. The fraction of sp³-hybridized carbons (Fsp3) is 0.143. The maximum atomic E-state index is 10.8. The van der Waals surface area contributed by atoms with Crippen LogP contribution in [0, 0.1) is 13.8 Å². The molecule has 2 unspecified atom stereocenters. The molecule has 3 aromatic carbocycles. The maximum absolute atomic E-state index is 10.8. The Kier molecular flexibility index (Phi) is 4.99. The van der Waals surface area contributed by atoms with Crippen molar-refractivity contribution in [3.05, 3.63) is 89.0 Å². The van der Waals surface area contributed by atoms with Gasteiger partial charge in [-0.25, -0.2) is 0 Å². The summed E-state index contributed by atoms with van der Waals surface area (Å²) in [6.45, 7) is 3.93. The molecule has 0 aliphatic heterocycles. The monoisotopic (exact) mass is 336 g/mol. The Labute approximate surface area is 144 Å². The Balaban J connectivity index is 2.01. The van der Waals surface area contributed by atoms with Crippen molar-refractivity contribution in [1.82, 2.24) is 0 Å². The normalized spacial score (nSPS) is 12.6. The van der Waals surface area contributed by atoms with Crippen LogP contribution in [0.3, 0.4) is 0 Å². The minimum atomic E-state index is -0.666. The number of aromatic hydroxyl groups is 1. The Morgan fingerprint density at radius 2 is 1.58 bits per heavy atom. The molecule has 3 rings (SSSR count). The highest BCUT2D eigenvalue weighted by Gasteiger charge is 2.16. The number of phenols is 1. The highest BCUT2D eigenvalue weighted by molar-refractivity contribution is 7.55. The van der Waals surface area contributed by atoms with Crippen molar-refractivity contribution in [1.29, 1.82) is 0 Å². The predicted molar refractivity (Wildman–Crippen MR) is 102 cm³/mol. The zero-order chi connectivity index (χ0) is 17.1. The van der Waals surface area contributed by atoms with Gasteiger partial charge in [0.2, 0.25) is 0 Å². The van der Waals surface area contributed by atoms with E-state index in [1.807, 2.05) is 68.4 Å². The molecule has 0 aliphatic carbocycles. The number of para-hydroxylation sites is 1. The van der Waals surface area contributed by atoms with Gasteiger partial charge in [-0.15, -0.1) is 0 Å². The average Bonchev–Trinajstić information content (AvgIpc) is 2.60. The standard InChI is InChI=1S/C21H21O2P/c1-14-11-12-18(24-19-10-6-7-15(2)20(19)22)17(13-14)21(23)16-8-4-3-5-9-16/h3-13,21-24H,1-2H3. The van der Waals surface area contributed by atoms with Crippen molar-refractivity contribution >= 4 is 19.2 Å². The first kappa shape index (κ1) is 16.7. The first-order valence-electron chi connectivity index (χ1n) is 7.95. The third kappa shape index (κ3) is 3.51. The van der Waals surface area contributed by atoms with Crippen LogP contribution in [0.4, 0.5) is 0 Å². The van der Waals surface area contributed by atoms with Crippen LogP contribution in [0.2, 0.25) is 0 Å². The summed E-state index contributed by atoms with van der Waals surface area (Å²) in [6, 6.07) is 21.6. The van der Waals surface area contributed by atoms with Gasteiger partial charge in [-0.1, -0.05) is 80.9 Å². The van der Waals surface area contributed by atoms with Crippen LogP contribution in [-0.4, -0.2) is 10.2 Å². The van der Waals surface area contributed by atoms with Crippen molar-refractivity contribution in [3.8, 4) is 5.75 Å². The molecule has 3 heteroatoms. The molecule has 122 valence electrons. The van der Waals surface area contributed by atoms with Gasteiger partial charge in [-0.05, 0) is 35.8 Å². The number of phenolic OH excluding ortho intramolecular Hbond substituents is 1. The van der Waals surface area contributed by atoms with E-state index in [1.165, 1.54) is 0 Å². The van der Waals surface area contributed by atoms with Crippen LogP contribution in [0.1, 0.15) is 28.4 Å². The second-order valence-corrected chi connectivity index (χ2v) is 7.33.